The number of aromatic nitrogens is 3. The number of rotatable bonds is 10. The van der Waals surface area contributed by atoms with Gasteiger partial charge in [0, 0.05) is 31.9 Å². The molecule has 2 aromatic heterocycles. The van der Waals surface area contributed by atoms with Crippen molar-refractivity contribution in [1.82, 2.24) is 20.5 Å². The molecule has 1 aromatic carbocycles. The lowest BCUT2D eigenvalue weighted by atomic mass is 9.70. The first-order valence-electron chi connectivity index (χ1n) is 12.0. The number of nitrogens with one attached hydrogen (secondary N) is 1. The Labute approximate surface area is 200 Å². The van der Waals surface area contributed by atoms with Gasteiger partial charge in [-0.3, -0.25) is 4.98 Å². The Kier molecular flexibility index (Phi) is 8.06. The SMILES string of the molecule is CC1=C[C@@H](CNCc2cccnc2)[C@H](C(C)C)C[C@H]1Cc1nnc(COc2ccc(F)cc2)o1. The highest BCUT2D eigenvalue weighted by Crippen LogP contribution is 2.38. The van der Waals surface area contributed by atoms with Gasteiger partial charge < -0.3 is 14.5 Å². The summed E-state index contributed by atoms with van der Waals surface area (Å²) in [5.74, 6) is 3.37. The summed E-state index contributed by atoms with van der Waals surface area (Å²) < 4.78 is 24.5. The summed E-state index contributed by atoms with van der Waals surface area (Å²) in [4.78, 5) is 4.19. The van der Waals surface area contributed by atoms with Crippen LogP contribution in [0.1, 0.15) is 44.5 Å². The lowest BCUT2D eigenvalue weighted by molar-refractivity contribution is 0.215. The van der Waals surface area contributed by atoms with Crippen molar-refractivity contribution in [2.45, 2.75) is 46.8 Å². The molecule has 0 saturated carbocycles. The van der Waals surface area contributed by atoms with Crippen LogP contribution in [0.2, 0.25) is 0 Å². The molecule has 7 heteroatoms. The van der Waals surface area contributed by atoms with E-state index in [2.05, 4.69) is 53.4 Å². The van der Waals surface area contributed by atoms with Crippen molar-refractivity contribution < 1.29 is 13.5 Å². The van der Waals surface area contributed by atoms with Gasteiger partial charge in [-0.1, -0.05) is 31.6 Å². The molecule has 1 N–H and O–H groups in total. The van der Waals surface area contributed by atoms with Gasteiger partial charge >= 0.3 is 0 Å². The van der Waals surface area contributed by atoms with Crippen molar-refractivity contribution in [2.24, 2.45) is 23.7 Å². The van der Waals surface area contributed by atoms with Crippen molar-refractivity contribution in [3.8, 4) is 5.75 Å². The van der Waals surface area contributed by atoms with E-state index in [-0.39, 0.29) is 12.4 Å². The van der Waals surface area contributed by atoms with Gasteiger partial charge in [0.05, 0.1) is 0 Å². The standard InChI is InChI=1S/C27H33FN4O2/c1-18(2)25-12-21(19(3)11-22(25)16-30-15-20-5-4-10-29-14-20)13-26-31-32-27(34-26)17-33-24-8-6-23(28)7-9-24/h4-11,14,18,21-22,25,30H,12-13,15-17H2,1-3H3/t21-,22-,25-/m0/s1. The fourth-order valence-electron chi connectivity index (χ4n) is 4.71. The average Bonchev–Trinajstić information content (AvgIpc) is 3.28. The van der Waals surface area contributed by atoms with Gasteiger partial charge in [0.2, 0.25) is 5.89 Å². The number of hydrogen-bond donors (Lipinski definition) is 1. The van der Waals surface area contributed by atoms with E-state index in [0.717, 1.165) is 25.9 Å². The predicted octanol–water partition coefficient (Wildman–Crippen LogP) is 5.37. The van der Waals surface area contributed by atoms with Crippen molar-refractivity contribution >= 4 is 0 Å². The molecule has 6 nitrogen and oxygen atoms in total. The van der Waals surface area contributed by atoms with Crippen LogP contribution in [0.15, 0.2) is 64.9 Å². The smallest absolute Gasteiger partial charge is 0.253 e. The first kappa shape index (κ1) is 24.1. The van der Waals surface area contributed by atoms with E-state index in [1.807, 2.05) is 12.3 Å². The molecular formula is C27H33FN4O2. The van der Waals surface area contributed by atoms with Crippen LogP contribution in [-0.4, -0.2) is 21.7 Å². The zero-order valence-corrected chi connectivity index (χ0v) is 20.1. The molecule has 3 aromatic rings. The number of ether oxygens (including phenoxy) is 1. The molecular weight excluding hydrogens is 431 g/mol. The Morgan fingerprint density at radius 2 is 1.94 bits per heavy atom. The van der Waals surface area contributed by atoms with E-state index in [1.54, 1.807) is 18.3 Å². The van der Waals surface area contributed by atoms with Crippen LogP contribution in [0, 0.1) is 29.5 Å². The number of nitrogens with zero attached hydrogens (tertiary/aromatic N) is 3. The minimum absolute atomic E-state index is 0.164. The fourth-order valence-corrected chi connectivity index (χ4v) is 4.71. The van der Waals surface area contributed by atoms with Crippen LogP contribution in [0.4, 0.5) is 4.39 Å². The van der Waals surface area contributed by atoms with E-state index in [9.17, 15) is 4.39 Å². The van der Waals surface area contributed by atoms with Crippen molar-refractivity contribution in [1.29, 1.82) is 0 Å². The maximum absolute atomic E-state index is 13.0. The Morgan fingerprint density at radius 3 is 2.68 bits per heavy atom. The number of hydrogen-bond acceptors (Lipinski definition) is 6. The van der Waals surface area contributed by atoms with Crippen LogP contribution in [0.25, 0.3) is 0 Å². The van der Waals surface area contributed by atoms with Crippen LogP contribution in [-0.2, 0) is 19.6 Å². The maximum atomic E-state index is 13.0. The summed E-state index contributed by atoms with van der Waals surface area (Å²) in [6.45, 7) is 8.77. The molecule has 0 saturated heterocycles. The van der Waals surface area contributed by atoms with E-state index < -0.39 is 0 Å². The summed E-state index contributed by atoms with van der Waals surface area (Å²) in [6.07, 6.45) is 7.98. The second-order valence-electron chi connectivity index (χ2n) is 9.44. The molecule has 0 fully saturated rings. The summed E-state index contributed by atoms with van der Waals surface area (Å²) in [5.41, 5.74) is 2.58. The Morgan fingerprint density at radius 1 is 1.15 bits per heavy atom. The summed E-state index contributed by atoms with van der Waals surface area (Å²) >= 11 is 0. The quantitative estimate of drug-likeness (QED) is 0.407. The molecule has 180 valence electrons. The third-order valence-electron chi connectivity index (χ3n) is 6.62. The molecule has 34 heavy (non-hydrogen) atoms. The van der Waals surface area contributed by atoms with E-state index in [0.29, 0.717) is 41.2 Å². The van der Waals surface area contributed by atoms with Crippen LogP contribution in [0.3, 0.4) is 0 Å². The maximum Gasteiger partial charge on any atom is 0.253 e. The molecule has 0 unspecified atom stereocenters. The van der Waals surface area contributed by atoms with Gasteiger partial charge in [0.15, 0.2) is 6.61 Å². The minimum atomic E-state index is -0.297. The summed E-state index contributed by atoms with van der Waals surface area (Å²) in [7, 11) is 0. The molecule has 2 heterocycles. The summed E-state index contributed by atoms with van der Waals surface area (Å²) in [6, 6.07) is 9.95. The first-order chi connectivity index (χ1) is 16.5. The molecule has 4 rings (SSSR count). The van der Waals surface area contributed by atoms with Crippen molar-refractivity contribution in [2.75, 3.05) is 6.54 Å². The molecule has 3 atom stereocenters. The molecule has 0 radical (unpaired) electrons. The second-order valence-corrected chi connectivity index (χ2v) is 9.44. The lowest BCUT2D eigenvalue weighted by Crippen LogP contribution is -2.34. The van der Waals surface area contributed by atoms with Gasteiger partial charge in [-0.25, -0.2) is 4.39 Å². The minimum Gasteiger partial charge on any atom is -0.484 e. The number of allylic oxidation sites excluding steroid dienone is 1. The molecule has 0 bridgehead atoms. The molecule has 0 spiro atoms. The third-order valence-corrected chi connectivity index (χ3v) is 6.62. The third kappa shape index (κ3) is 6.50. The van der Waals surface area contributed by atoms with Crippen molar-refractivity contribution in [3.63, 3.8) is 0 Å². The second kappa shape index (κ2) is 11.4. The van der Waals surface area contributed by atoms with E-state index >= 15 is 0 Å². The molecule has 1 aliphatic rings. The topological polar surface area (TPSA) is 73.1 Å². The van der Waals surface area contributed by atoms with Gasteiger partial charge in [0.1, 0.15) is 11.6 Å². The van der Waals surface area contributed by atoms with Gasteiger partial charge in [-0.2, -0.15) is 0 Å². The van der Waals surface area contributed by atoms with Gasteiger partial charge in [-0.05, 0) is 72.9 Å². The highest BCUT2D eigenvalue weighted by Gasteiger charge is 2.32. The highest BCUT2D eigenvalue weighted by molar-refractivity contribution is 5.22. The highest BCUT2D eigenvalue weighted by atomic mass is 19.1. The normalized spacial score (nSPS) is 20.4. The molecule has 0 aliphatic heterocycles. The Hall–Kier alpha value is -3.06. The Bertz CT molecular complexity index is 1070. The predicted molar refractivity (Wildman–Crippen MR) is 128 cm³/mol. The monoisotopic (exact) mass is 464 g/mol. The summed E-state index contributed by atoms with van der Waals surface area (Å²) in [5, 5.41) is 12.0. The molecule has 1 aliphatic carbocycles. The molecule has 0 amide bonds. The number of benzene rings is 1. The van der Waals surface area contributed by atoms with Crippen LogP contribution in [0.5, 0.6) is 5.75 Å². The van der Waals surface area contributed by atoms with E-state index in [4.69, 9.17) is 9.15 Å². The van der Waals surface area contributed by atoms with E-state index in [1.165, 1.54) is 23.3 Å². The number of halogens is 1. The lowest BCUT2D eigenvalue weighted by Gasteiger charge is -2.37. The Balaban J connectivity index is 1.33. The van der Waals surface area contributed by atoms with Crippen molar-refractivity contribution in [3.05, 3.63) is 83.6 Å². The van der Waals surface area contributed by atoms with Crippen LogP contribution >= 0.6 is 0 Å². The van der Waals surface area contributed by atoms with Gasteiger partial charge in [0.25, 0.3) is 5.89 Å². The largest absolute Gasteiger partial charge is 0.484 e. The van der Waals surface area contributed by atoms with Crippen LogP contribution < -0.4 is 10.1 Å². The first-order valence-corrected chi connectivity index (χ1v) is 12.0. The van der Waals surface area contributed by atoms with Gasteiger partial charge in [-0.15, -0.1) is 10.2 Å². The zero-order valence-electron chi connectivity index (χ0n) is 20.1. The fraction of sp³-hybridized carbons (Fsp3) is 0.444. The zero-order chi connectivity index (χ0) is 23.9. The number of pyridine rings is 1. The average molecular weight is 465 g/mol.